The van der Waals surface area contributed by atoms with Crippen LogP contribution in [0.3, 0.4) is 0 Å². The predicted molar refractivity (Wildman–Crippen MR) is 69.9 cm³/mol. The molecule has 1 heterocycles. The molecule has 1 saturated carbocycles. The lowest BCUT2D eigenvalue weighted by Crippen LogP contribution is -2.73. The number of amides is 2. The number of nitrogens with zero attached hydrogens (tertiary/aromatic N) is 1. The molecule has 2 unspecified atom stereocenters. The number of hydrogen-bond donors (Lipinski definition) is 1. The van der Waals surface area contributed by atoms with Gasteiger partial charge in [-0.1, -0.05) is 6.92 Å². The Kier molecular flexibility index (Phi) is 2.95. The molecule has 0 aromatic heterocycles. The van der Waals surface area contributed by atoms with Gasteiger partial charge in [-0.15, -0.1) is 0 Å². The number of hydrogen-bond acceptors (Lipinski definition) is 2. The van der Waals surface area contributed by atoms with Gasteiger partial charge in [0, 0.05) is 5.54 Å². The van der Waals surface area contributed by atoms with Crippen LogP contribution in [0.15, 0.2) is 0 Å². The number of rotatable bonds is 3. The van der Waals surface area contributed by atoms with Crippen molar-refractivity contribution >= 4 is 11.8 Å². The van der Waals surface area contributed by atoms with E-state index in [9.17, 15) is 9.59 Å². The van der Waals surface area contributed by atoms with Gasteiger partial charge in [-0.3, -0.25) is 9.59 Å². The van der Waals surface area contributed by atoms with E-state index >= 15 is 0 Å². The van der Waals surface area contributed by atoms with E-state index in [1.54, 1.807) is 4.90 Å². The summed E-state index contributed by atoms with van der Waals surface area (Å²) in [5.74, 6) is 0.381. The van der Waals surface area contributed by atoms with E-state index in [2.05, 4.69) is 12.2 Å². The van der Waals surface area contributed by atoms with Gasteiger partial charge < -0.3 is 10.2 Å². The minimum absolute atomic E-state index is 0.0227. The lowest BCUT2D eigenvalue weighted by Gasteiger charge is -2.50. The highest BCUT2D eigenvalue weighted by molar-refractivity contribution is 6.00. The Labute approximate surface area is 109 Å². The zero-order valence-corrected chi connectivity index (χ0v) is 12.0. The van der Waals surface area contributed by atoms with Gasteiger partial charge in [0.15, 0.2) is 0 Å². The Morgan fingerprint density at radius 2 is 1.94 bits per heavy atom. The Morgan fingerprint density at radius 1 is 1.39 bits per heavy atom. The van der Waals surface area contributed by atoms with Crippen molar-refractivity contribution in [2.45, 2.75) is 71.0 Å². The summed E-state index contributed by atoms with van der Waals surface area (Å²) >= 11 is 0. The third-order valence-corrected chi connectivity index (χ3v) is 4.72. The summed E-state index contributed by atoms with van der Waals surface area (Å²) in [6, 6.07) is -0.376. The first-order valence-electron chi connectivity index (χ1n) is 6.90. The molecule has 2 atom stereocenters. The largest absolute Gasteiger partial charge is 0.340 e. The molecule has 0 aromatic carbocycles. The summed E-state index contributed by atoms with van der Waals surface area (Å²) < 4.78 is 0. The third kappa shape index (κ3) is 1.82. The lowest BCUT2D eigenvalue weighted by molar-refractivity contribution is -0.161. The molecule has 2 rings (SSSR count). The van der Waals surface area contributed by atoms with E-state index in [0.717, 1.165) is 19.3 Å². The Hall–Kier alpha value is -1.06. The van der Waals surface area contributed by atoms with Crippen molar-refractivity contribution in [3.63, 3.8) is 0 Å². The molecule has 1 N–H and O–H groups in total. The second kappa shape index (κ2) is 3.97. The van der Waals surface area contributed by atoms with E-state index < -0.39 is 5.54 Å². The molecular weight excluding hydrogens is 228 g/mol. The van der Waals surface area contributed by atoms with Crippen molar-refractivity contribution in [2.24, 2.45) is 5.92 Å². The topological polar surface area (TPSA) is 49.4 Å². The second-order valence-corrected chi connectivity index (χ2v) is 6.48. The SMILES string of the molecule is CCC(C)(C)N1C(=O)C(C)(C2CC2)NC(=O)C1C. The maximum Gasteiger partial charge on any atom is 0.249 e. The highest BCUT2D eigenvalue weighted by atomic mass is 16.2. The zero-order valence-electron chi connectivity index (χ0n) is 12.0. The first-order chi connectivity index (χ1) is 8.24. The van der Waals surface area contributed by atoms with Crippen molar-refractivity contribution in [1.29, 1.82) is 0 Å². The average Bonchev–Trinajstić information content (AvgIpc) is 3.10. The van der Waals surface area contributed by atoms with Crippen LogP contribution in [0.5, 0.6) is 0 Å². The van der Waals surface area contributed by atoms with Gasteiger partial charge in [0.1, 0.15) is 11.6 Å². The van der Waals surface area contributed by atoms with Crippen LogP contribution in [0.1, 0.15) is 53.9 Å². The maximum atomic E-state index is 12.8. The molecule has 0 aromatic rings. The van der Waals surface area contributed by atoms with Crippen molar-refractivity contribution in [2.75, 3.05) is 0 Å². The van der Waals surface area contributed by atoms with Gasteiger partial charge in [-0.25, -0.2) is 0 Å². The van der Waals surface area contributed by atoms with Crippen LogP contribution in [0.25, 0.3) is 0 Å². The van der Waals surface area contributed by atoms with Gasteiger partial charge in [0.2, 0.25) is 11.8 Å². The molecule has 1 aliphatic carbocycles. The maximum absolute atomic E-state index is 12.8. The Morgan fingerprint density at radius 3 is 2.39 bits per heavy atom. The van der Waals surface area contributed by atoms with Crippen molar-refractivity contribution in [3.8, 4) is 0 Å². The minimum Gasteiger partial charge on any atom is -0.340 e. The van der Waals surface area contributed by atoms with Gasteiger partial charge in [0.25, 0.3) is 0 Å². The summed E-state index contributed by atoms with van der Waals surface area (Å²) in [6.07, 6.45) is 2.92. The standard InChI is InChI=1S/C14H24N2O2/c1-6-13(3,4)16-9(2)11(17)15-14(5,12(16)18)10-7-8-10/h9-10H,6-8H2,1-5H3,(H,15,17). The summed E-state index contributed by atoms with van der Waals surface area (Å²) in [4.78, 5) is 26.8. The molecule has 0 radical (unpaired) electrons. The van der Waals surface area contributed by atoms with Gasteiger partial charge >= 0.3 is 0 Å². The molecule has 2 aliphatic rings. The van der Waals surface area contributed by atoms with Crippen LogP contribution in [0.2, 0.25) is 0 Å². The quantitative estimate of drug-likeness (QED) is 0.831. The molecule has 2 fully saturated rings. The van der Waals surface area contributed by atoms with E-state index in [0.29, 0.717) is 5.92 Å². The van der Waals surface area contributed by atoms with Crippen LogP contribution >= 0.6 is 0 Å². The molecule has 0 spiro atoms. The summed E-state index contributed by atoms with van der Waals surface area (Å²) in [7, 11) is 0. The predicted octanol–water partition coefficient (Wildman–Crippen LogP) is 1.69. The second-order valence-electron chi connectivity index (χ2n) is 6.48. The molecule has 4 heteroatoms. The summed E-state index contributed by atoms with van der Waals surface area (Å²) in [6.45, 7) is 9.83. The monoisotopic (exact) mass is 252 g/mol. The van der Waals surface area contributed by atoms with E-state index in [4.69, 9.17) is 0 Å². The van der Waals surface area contributed by atoms with Crippen molar-refractivity contribution in [1.82, 2.24) is 10.2 Å². The van der Waals surface area contributed by atoms with Gasteiger partial charge in [0.05, 0.1) is 0 Å². The van der Waals surface area contributed by atoms with Gasteiger partial charge in [-0.05, 0) is 52.9 Å². The van der Waals surface area contributed by atoms with E-state index in [1.165, 1.54) is 0 Å². The number of nitrogens with one attached hydrogen (secondary N) is 1. The van der Waals surface area contributed by atoms with Gasteiger partial charge in [-0.2, -0.15) is 0 Å². The fourth-order valence-electron chi connectivity index (χ4n) is 2.86. The fourth-order valence-corrected chi connectivity index (χ4v) is 2.86. The first-order valence-corrected chi connectivity index (χ1v) is 6.90. The van der Waals surface area contributed by atoms with E-state index in [1.807, 2.05) is 27.7 Å². The third-order valence-electron chi connectivity index (χ3n) is 4.72. The fraction of sp³-hybridized carbons (Fsp3) is 0.857. The summed E-state index contributed by atoms with van der Waals surface area (Å²) in [5.41, 5.74) is -0.958. The lowest BCUT2D eigenvalue weighted by atomic mass is 9.85. The van der Waals surface area contributed by atoms with Crippen LogP contribution in [-0.4, -0.2) is 33.8 Å². The molecular formula is C14H24N2O2. The van der Waals surface area contributed by atoms with Crippen LogP contribution in [0, 0.1) is 5.92 Å². The number of carbonyl (C=O) groups excluding carboxylic acids is 2. The smallest absolute Gasteiger partial charge is 0.249 e. The number of carbonyl (C=O) groups is 2. The van der Waals surface area contributed by atoms with Crippen LogP contribution in [-0.2, 0) is 9.59 Å². The first kappa shape index (κ1) is 13.4. The molecule has 1 aliphatic heterocycles. The summed E-state index contributed by atoms with van der Waals surface area (Å²) in [5, 5.41) is 2.95. The van der Waals surface area contributed by atoms with Crippen LogP contribution in [0.4, 0.5) is 0 Å². The minimum atomic E-state index is -0.684. The molecule has 4 nitrogen and oxygen atoms in total. The molecule has 102 valence electrons. The Bertz CT molecular complexity index is 387. The molecule has 1 saturated heterocycles. The Balaban J connectivity index is 2.37. The van der Waals surface area contributed by atoms with E-state index in [-0.39, 0.29) is 23.4 Å². The number of piperazine rings is 1. The van der Waals surface area contributed by atoms with Crippen molar-refractivity contribution in [3.05, 3.63) is 0 Å². The zero-order chi connectivity index (χ0) is 13.7. The average molecular weight is 252 g/mol. The highest BCUT2D eigenvalue weighted by Gasteiger charge is 2.56. The highest BCUT2D eigenvalue weighted by Crippen LogP contribution is 2.43. The normalized spacial score (nSPS) is 33.6. The molecule has 18 heavy (non-hydrogen) atoms. The molecule has 0 bridgehead atoms. The van der Waals surface area contributed by atoms with Crippen molar-refractivity contribution < 1.29 is 9.59 Å². The molecule has 2 amide bonds. The van der Waals surface area contributed by atoms with Crippen LogP contribution < -0.4 is 5.32 Å².